The Bertz CT molecular complexity index is 423. The quantitative estimate of drug-likeness (QED) is 0.809. The van der Waals surface area contributed by atoms with Crippen LogP contribution in [-0.4, -0.2) is 30.0 Å². The van der Waals surface area contributed by atoms with Crippen LogP contribution in [0, 0.1) is 5.92 Å². The number of aromatic hydroxyl groups is 1. The van der Waals surface area contributed by atoms with Crippen LogP contribution in [0.3, 0.4) is 0 Å². The van der Waals surface area contributed by atoms with Crippen molar-refractivity contribution in [3.8, 4) is 11.5 Å². The Morgan fingerprint density at radius 3 is 2.72 bits per heavy atom. The number of carbonyl (C=O) groups excluding carboxylic acids is 1. The minimum Gasteiger partial charge on any atom is -0.507 e. The summed E-state index contributed by atoms with van der Waals surface area (Å²) >= 11 is 5.73. The summed E-state index contributed by atoms with van der Waals surface area (Å²) in [5, 5.41) is 12.5. The first kappa shape index (κ1) is 14.6. The Morgan fingerprint density at radius 1 is 1.50 bits per heavy atom. The average Bonchev–Trinajstić information content (AvgIpc) is 2.38. The Balaban J connectivity index is 2.83. The lowest BCUT2D eigenvalue weighted by molar-refractivity contribution is 0.0928. The van der Waals surface area contributed by atoms with Crippen molar-refractivity contribution in [3.05, 3.63) is 23.8 Å². The van der Waals surface area contributed by atoms with Gasteiger partial charge in [-0.3, -0.25) is 4.79 Å². The molecule has 0 spiro atoms. The molecule has 18 heavy (non-hydrogen) atoms. The lowest BCUT2D eigenvalue weighted by Gasteiger charge is -2.19. The van der Waals surface area contributed by atoms with Crippen LogP contribution in [-0.2, 0) is 0 Å². The minimum atomic E-state index is -0.337. The van der Waals surface area contributed by atoms with Crippen molar-refractivity contribution in [1.82, 2.24) is 5.32 Å². The van der Waals surface area contributed by atoms with E-state index in [2.05, 4.69) is 5.32 Å². The topological polar surface area (TPSA) is 58.6 Å². The van der Waals surface area contributed by atoms with Gasteiger partial charge in [0.05, 0.1) is 12.7 Å². The first-order chi connectivity index (χ1) is 8.49. The zero-order chi connectivity index (χ0) is 13.7. The fourth-order valence-electron chi connectivity index (χ4n) is 1.38. The molecule has 2 atom stereocenters. The first-order valence-electron chi connectivity index (χ1n) is 5.73. The molecule has 1 aromatic rings. The molecular formula is C13H18ClNO3. The maximum Gasteiger partial charge on any atom is 0.255 e. The van der Waals surface area contributed by atoms with E-state index in [1.54, 1.807) is 6.07 Å². The molecule has 2 N–H and O–H groups in total. The normalized spacial score (nSPS) is 13.8. The number of hydrogen-bond donors (Lipinski definition) is 2. The smallest absolute Gasteiger partial charge is 0.255 e. The molecule has 2 unspecified atom stereocenters. The van der Waals surface area contributed by atoms with Gasteiger partial charge in [0.25, 0.3) is 5.91 Å². The van der Waals surface area contributed by atoms with Crippen molar-refractivity contribution in [2.24, 2.45) is 5.92 Å². The van der Waals surface area contributed by atoms with Crippen molar-refractivity contribution in [3.63, 3.8) is 0 Å². The summed E-state index contributed by atoms with van der Waals surface area (Å²) in [6.07, 6.45) is 0. The highest BCUT2D eigenvalue weighted by Gasteiger charge is 2.17. The van der Waals surface area contributed by atoms with E-state index in [9.17, 15) is 9.90 Å². The number of benzene rings is 1. The van der Waals surface area contributed by atoms with Gasteiger partial charge in [0, 0.05) is 11.9 Å². The van der Waals surface area contributed by atoms with Gasteiger partial charge in [-0.2, -0.15) is 0 Å². The summed E-state index contributed by atoms with van der Waals surface area (Å²) in [4.78, 5) is 12.0. The molecule has 1 amide bonds. The third-order valence-corrected chi connectivity index (χ3v) is 3.39. The summed E-state index contributed by atoms with van der Waals surface area (Å²) in [6, 6.07) is 4.46. The Hall–Kier alpha value is -1.42. The van der Waals surface area contributed by atoms with Crippen LogP contribution in [0.25, 0.3) is 0 Å². The van der Waals surface area contributed by atoms with Gasteiger partial charge in [-0.15, -0.1) is 11.6 Å². The van der Waals surface area contributed by atoms with E-state index in [1.807, 2.05) is 13.8 Å². The van der Waals surface area contributed by atoms with Crippen molar-refractivity contribution < 1.29 is 14.6 Å². The second kappa shape index (κ2) is 6.50. The van der Waals surface area contributed by atoms with Gasteiger partial charge in [-0.25, -0.2) is 0 Å². The second-order valence-electron chi connectivity index (χ2n) is 4.28. The molecule has 0 aromatic heterocycles. The predicted molar refractivity (Wildman–Crippen MR) is 71.5 cm³/mol. The second-order valence-corrected chi connectivity index (χ2v) is 4.59. The van der Waals surface area contributed by atoms with Gasteiger partial charge in [0.2, 0.25) is 0 Å². The van der Waals surface area contributed by atoms with E-state index in [0.29, 0.717) is 11.6 Å². The van der Waals surface area contributed by atoms with Crippen LogP contribution in [0.5, 0.6) is 11.5 Å². The number of nitrogens with one attached hydrogen (secondary N) is 1. The molecule has 0 aliphatic heterocycles. The number of carbonyl (C=O) groups is 1. The number of halogens is 1. The third kappa shape index (κ3) is 3.53. The summed E-state index contributed by atoms with van der Waals surface area (Å²) < 4.78 is 5.02. The van der Waals surface area contributed by atoms with Gasteiger partial charge in [0.15, 0.2) is 0 Å². The van der Waals surface area contributed by atoms with E-state index in [4.69, 9.17) is 16.3 Å². The number of rotatable bonds is 5. The van der Waals surface area contributed by atoms with Crippen LogP contribution >= 0.6 is 11.6 Å². The molecule has 0 aliphatic carbocycles. The van der Waals surface area contributed by atoms with Crippen LogP contribution < -0.4 is 10.1 Å². The Morgan fingerprint density at radius 2 is 2.17 bits per heavy atom. The summed E-state index contributed by atoms with van der Waals surface area (Å²) in [5.41, 5.74) is 0.197. The Labute approximate surface area is 112 Å². The molecule has 0 radical (unpaired) electrons. The maximum absolute atomic E-state index is 12.0. The van der Waals surface area contributed by atoms with Crippen LogP contribution in [0.2, 0.25) is 0 Å². The Kier molecular flexibility index (Phi) is 5.28. The van der Waals surface area contributed by atoms with Crippen molar-refractivity contribution >= 4 is 17.5 Å². The van der Waals surface area contributed by atoms with Crippen molar-refractivity contribution in [1.29, 1.82) is 0 Å². The molecule has 0 heterocycles. The van der Waals surface area contributed by atoms with Crippen LogP contribution in [0.1, 0.15) is 24.2 Å². The molecule has 100 valence electrons. The lowest BCUT2D eigenvalue weighted by atomic mass is 10.1. The molecule has 0 saturated carbocycles. The molecule has 1 rings (SSSR count). The zero-order valence-corrected chi connectivity index (χ0v) is 11.5. The number of phenolic OH excluding ortho intramolecular Hbond substituents is 1. The van der Waals surface area contributed by atoms with Gasteiger partial charge in [-0.05, 0) is 31.0 Å². The van der Waals surface area contributed by atoms with Gasteiger partial charge >= 0.3 is 0 Å². The predicted octanol–water partition coefficient (Wildman–Crippen LogP) is 2.39. The first-order valence-corrected chi connectivity index (χ1v) is 6.26. The standard InChI is InChI=1S/C13H18ClNO3/c1-8(7-14)9(2)15-13(17)11-6-10(18-3)4-5-12(11)16/h4-6,8-9,16H,7H2,1-3H3,(H,15,17). The van der Waals surface area contributed by atoms with Gasteiger partial charge in [-0.1, -0.05) is 6.92 Å². The average molecular weight is 272 g/mol. The number of ether oxygens (including phenoxy) is 1. The largest absolute Gasteiger partial charge is 0.507 e. The number of alkyl halides is 1. The highest BCUT2D eigenvalue weighted by Crippen LogP contribution is 2.23. The third-order valence-electron chi connectivity index (χ3n) is 2.90. The number of hydrogen-bond acceptors (Lipinski definition) is 3. The van der Waals surface area contributed by atoms with Crippen molar-refractivity contribution in [2.45, 2.75) is 19.9 Å². The fraction of sp³-hybridized carbons (Fsp3) is 0.462. The molecule has 4 nitrogen and oxygen atoms in total. The molecule has 0 saturated heterocycles. The maximum atomic E-state index is 12.0. The van der Waals surface area contributed by atoms with Crippen LogP contribution in [0.15, 0.2) is 18.2 Å². The highest BCUT2D eigenvalue weighted by molar-refractivity contribution is 6.18. The number of amides is 1. The van der Waals surface area contributed by atoms with E-state index in [-0.39, 0.29) is 29.2 Å². The van der Waals surface area contributed by atoms with Crippen molar-refractivity contribution in [2.75, 3.05) is 13.0 Å². The summed E-state index contributed by atoms with van der Waals surface area (Å²) in [5.74, 6) is 0.736. The lowest BCUT2D eigenvalue weighted by Crippen LogP contribution is -2.37. The minimum absolute atomic E-state index is 0.0689. The summed E-state index contributed by atoms with van der Waals surface area (Å²) in [7, 11) is 1.51. The van der Waals surface area contributed by atoms with E-state index in [0.717, 1.165) is 0 Å². The molecule has 0 fully saturated rings. The fourth-order valence-corrected chi connectivity index (χ4v) is 1.65. The van der Waals surface area contributed by atoms with E-state index >= 15 is 0 Å². The van der Waals surface area contributed by atoms with E-state index < -0.39 is 0 Å². The molecule has 1 aromatic carbocycles. The summed E-state index contributed by atoms with van der Waals surface area (Å²) in [6.45, 7) is 3.82. The highest BCUT2D eigenvalue weighted by atomic mass is 35.5. The molecule has 5 heteroatoms. The van der Waals surface area contributed by atoms with Crippen LogP contribution in [0.4, 0.5) is 0 Å². The van der Waals surface area contributed by atoms with E-state index in [1.165, 1.54) is 19.2 Å². The number of phenols is 1. The van der Waals surface area contributed by atoms with Gasteiger partial charge in [0.1, 0.15) is 11.5 Å². The number of methoxy groups -OCH3 is 1. The molecule has 0 bridgehead atoms. The zero-order valence-electron chi connectivity index (χ0n) is 10.7. The SMILES string of the molecule is COc1ccc(O)c(C(=O)NC(C)C(C)CCl)c1. The van der Waals surface area contributed by atoms with Gasteiger partial charge < -0.3 is 15.2 Å². The molecular weight excluding hydrogens is 254 g/mol. The monoisotopic (exact) mass is 271 g/mol. The molecule has 0 aliphatic rings.